The van der Waals surface area contributed by atoms with E-state index in [1.807, 2.05) is 55.6 Å². The van der Waals surface area contributed by atoms with Crippen molar-refractivity contribution in [2.24, 2.45) is 0 Å². The van der Waals surface area contributed by atoms with Crippen molar-refractivity contribution in [2.75, 3.05) is 18.5 Å². The summed E-state index contributed by atoms with van der Waals surface area (Å²) < 4.78 is 11.1. The summed E-state index contributed by atoms with van der Waals surface area (Å²) in [7, 11) is 0. The number of ether oxygens (including phenoxy) is 2. The van der Waals surface area contributed by atoms with Gasteiger partial charge < -0.3 is 9.47 Å². The first-order valence-electron chi connectivity index (χ1n) is 9.48. The minimum atomic E-state index is -0.525. The number of anilines is 1. The number of aromatic nitrogens is 1. The second kappa shape index (κ2) is 10.2. The van der Waals surface area contributed by atoms with E-state index in [1.165, 1.54) is 17.4 Å². The number of nitrogens with one attached hydrogen (secondary N) is 1. The topological polar surface area (TPSA) is 84.2 Å². The van der Waals surface area contributed by atoms with Gasteiger partial charge in [0.1, 0.15) is 23.1 Å². The second-order valence-electron chi connectivity index (χ2n) is 6.09. The predicted molar refractivity (Wildman–Crippen MR) is 119 cm³/mol. The van der Waals surface area contributed by atoms with Gasteiger partial charge in [-0.05, 0) is 32.1 Å². The van der Waals surface area contributed by atoms with Crippen LogP contribution in [0.5, 0.6) is 11.5 Å². The standard InChI is InChI=1S/C23H21N3O3S/c1-3-28-19-11-10-17(21(13-19)29-4-2)12-18(14-24)22(27)26-23-25-20(15-30-23)16-8-6-5-7-9-16/h5-13,15H,3-4H2,1-2H3,(H,25,26,27)/b18-12+. The molecule has 0 spiro atoms. The van der Waals surface area contributed by atoms with E-state index in [0.29, 0.717) is 35.4 Å². The summed E-state index contributed by atoms with van der Waals surface area (Å²) >= 11 is 1.30. The first-order chi connectivity index (χ1) is 14.6. The lowest BCUT2D eigenvalue weighted by Crippen LogP contribution is -2.13. The Labute approximate surface area is 179 Å². The van der Waals surface area contributed by atoms with Crippen LogP contribution in [-0.2, 0) is 4.79 Å². The average molecular weight is 420 g/mol. The molecule has 2 aromatic carbocycles. The zero-order valence-corrected chi connectivity index (χ0v) is 17.5. The molecule has 1 amide bonds. The highest BCUT2D eigenvalue weighted by Crippen LogP contribution is 2.28. The maximum atomic E-state index is 12.6. The third-order valence-corrected chi connectivity index (χ3v) is 4.81. The first-order valence-corrected chi connectivity index (χ1v) is 10.4. The van der Waals surface area contributed by atoms with Crippen molar-refractivity contribution in [1.82, 2.24) is 4.98 Å². The highest BCUT2D eigenvalue weighted by atomic mass is 32.1. The Kier molecular flexibility index (Phi) is 7.19. The Bertz CT molecular complexity index is 1080. The van der Waals surface area contributed by atoms with Crippen LogP contribution in [-0.4, -0.2) is 24.1 Å². The van der Waals surface area contributed by atoms with Gasteiger partial charge in [-0.1, -0.05) is 30.3 Å². The van der Waals surface area contributed by atoms with Crippen LogP contribution >= 0.6 is 11.3 Å². The third kappa shape index (κ3) is 5.25. The number of carbonyl (C=O) groups is 1. The molecule has 0 radical (unpaired) electrons. The van der Waals surface area contributed by atoms with E-state index in [-0.39, 0.29) is 5.57 Å². The molecule has 0 atom stereocenters. The summed E-state index contributed by atoms with van der Waals surface area (Å²) in [4.78, 5) is 17.1. The first kappa shape index (κ1) is 21.1. The highest BCUT2D eigenvalue weighted by Gasteiger charge is 2.14. The van der Waals surface area contributed by atoms with Crippen LogP contribution in [0.15, 0.2) is 59.5 Å². The van der Waals surface area contributed by atoms with E-state index in [1.54, 1.807) is 18.2 Å². The number of nitrogens with zero attached hydrogens (tertiary/aromatic N) is 2. The second-order valence-corrected chi connectivity index (χ2v) is 6.95. The molecule has 0 bridgehead atoms. The number of carbonyl (C=O) groups excluding carboxylic acids is 1. The van der Waals surface area contributed by atoms with Crippen LogP contribution in [0.25, 0.3) is 17.3 Å². The number of hydrogen-bond donors (Lipinski definition) is 1. The Morgan fingerprint density at radius 3 is 2.63 bits per heavy atom. The normalized spacial score (nSPS) is 10.9. The molecule has 0 aliphatic heterocycles. The van der Waals surface area contributed by atoms with Crippen molar-refractivity contribution in [3.8, 4) is 28.8 Å². The lowest BCUT2D eigenvalue weighted by atomic mass is 10.1. The van der Waals surface area contributed by atoms with Crippen molar-refractivity contribution in [1.29, 1.82) is 5.26 Å². The number of benzene rings is 2. The van der Waals surface area contributed by atoms with Gasteiger partial charge in [-0.2, -0.15) is 5.26 Å². The highest BCUT2D eigenvalue weighted by molar-refractivity contribution is 7.14. The molecule has 0 saturated heterocycles. The molecule has 1 heterocycles. The number of amides is 1. The van der Waals surface area contributed by atoms with Crippen molar-refractivity contribution in [2.45, 2.75) is 13.8 Å². The summed E-state index contributed by atoms with van der Waals surface area (Å²) in [6, 6.07) is 16.9. The molecule has 0 aliphatic carbocycles. The minimum Gasteiger partial charge on any atom is -0.494 e. The smallest absolute Gasteiger partial charge is 0.268 e. The van der Waals surface area contributed by atoms with Crippen LogP contribution < -0.4 is 14.8 Å². The Hall–Kier alpha value is -3.63. The van der Waals surface area contributed by atoms with Crippen molar-refractivity contribution >= 4 is 28.5 Å². The summed E-state index contributed by atoms with van der Waals surface area (Å²) in [6.07, 6.45) is 1.50. The van der Waals surface area contributed by atoms with Gasteiger partial charge in [0.15, 0.2) is 5.13 Å². The van der Waals surface area contributed by atoms with E-state index in [9.17, 15) is 10.1 Å². The maximum Gasteiger partial charge on any atom is 0.268 e. The number of hydrogen-bond acceptors (Lipinski definition) is 6. The molecule has 3 rings (SSSR count). The molecule has 3 aromatic rings. The molecule has 0 aliphatic rings. The van der Waals surface area contributed by atoms with Gasteiger partial charge in [0.05, 0.1) is 18.9 Å². The van der Waals surface area contributed by atoms with E-state index in [0.717, 1.165) is 11.3 Å². The molecule has 0 fully saturated rings. The average Bonchev–Trinajstić information content (AvgIpc) is 3.22. The fourth-order valence-electron chi connectivity index (χ4n) is 2.71. The van der Waals surface area contributed by atoms with Gasteiger partial charge >= 0.3 is 0 Å². The lowest BCUT2D eigenvalue weighted by molar-refractivity contribution is -0.112. The number of nitriles is 1. The van der Waals surface area contributed by atoms with Gasteiger partial charge in [-0.15, -0.1) is 11.3 Å². The summed E-state index contributed by atoms with van der Waals surface area (Å²) in [6.45, 7) is 4.75. The molecule has 152 valence electrons. The SMILES string of the molecule is CCOc1ccc(/C=C(\C#N)C(=O)Nc2nc(-c3ccccc3)cs2)c(OCC)c1. The summed E-state index contributed by atoms with van der Waals surface area (Å²) in [5.41, 5.74) is 2.30. The Morgan fingerprint density at radius 2 is 1.93 bits per heavy atom. The molecule has 30 heavy (non-hydrogen) atoms. The predicted octanol–water partition coefficient (Wildman–Crippen LogP) is 5.15. The molecular formula is C23H21N3O3S. The third-order valence-electron chi connectivity index (χ3n) is 4.05. The Morgan fingerprint density at radius 1 is 1.17 bits per heavy atom. The minimum absolute atomic E-state index is 0.0448. The summed E-state index contributed by atoms with van der Waals surface area (Å²) in [5, 5.41) is 14.5. The van der Waals surface area contributed by atoms with Gasteiger partial charge in [0.2, 0.25) is 0 Å². The largest absolute Gasteiger partial charge is 0.494 e. The molecule has 7 heteroatoms. The fourth-order valence-corrected chi connectivity index (χ4v) is 3.43. The van der Waals surface area contributed by atoms with Gasteiger partial charge in [-0.3, -0.25) is 10.1 Å². The monoisotopic (exact) mass is 419 g/mol. The Balaban J connectivity index is 1.80. The van der Waals surface area contributed by atoms with Crippen LogP contribution in [0.1, 0.15) is 19.4 Å². The molecular weight excluding hydrogens is 398 g/mol. The van der Waals surface area contributed by atoms with Crippen LogP contribution in [0.3, 0.4) is 0 Å². The molecule has 0 unspecified atom stereocenters. The summed E-state index contributed by atoms with van der Waals surface area (Å²) in [5.74, 6) is 0.685. The van der Waals surface area contributed by atoms with Gasteiger partial charge in [0, 0.05) is 22.6 Å². The van der Waals surface area contributed by atoms with E-state index >= 15 is 0 Å². The van der Waals surface area contributed by atoms with Crippen LogP contribution in [0.4, 0.5) is 5.13 Å². The van der Waals surface area contributed by atoms with Crippen LogP contribution in [0.2, 0.25) is 0 Å². The quantitative estimate of drug-likeness (QED) is 0.403. The molecule has 1 aromatic heterocycles. The number of thiazole rings is 1. The molecule has 0 saturated carbocycles. The maximum absolute atomic E-state index is 12.6. The van der Waals surface area contributed by atoms with Gasteiger partial charge in [0.25, 0.3) is 5.91 Å². The van der Waals surface area contributed by atoms with Gasteiger partial charge in [-0.25, -0.2) is 4.98 Å². The van der Waals surface area contributed by atoms with E-state index in [4.69, 9.17) is 9.47 Å². The van der Waals surface area contributed by atoms with Crippen molar-refractivity contribution < 1.29 is 14.3 Å². The fraction of sp³-hybridized carbons (Fsp3) is 0.174. The van der Waals surface area contributed by atoms with Crippen molar-refractivity contribution in [3.63, 3.8) is 0 Å². The lowest BCUT2D eigenvalue weighted by Gasteiger charge is -2.10. The van der Waals surface area contributed by atoms with E-state index < -0.39 is 5.91 Å². The zero-order chi connectivity index (χ0) is 21.3. The zero-order valence-electron chi connectivity index (χ0n) is 16.7. The van der Waals surface area contributed by atoms with Crippen LogP contribution in [0, 0.1) is 11.3 Å². The number of rotatable bonds is 8. The van der Waals surface area contributed by atoms with Crippen molar-refractivity contribution in [3.05, 3.63) is 65.0 Å². The molecule has 6 nitrogen and oxygen atoms in total. The molecule has 1 N–H and O–H groups in total. The van der Waals surface area contributed by atoms with E-state index in [2.05, 4.69) is 10.3 Å².